The van der Waals surface area contributed by atoms with Crippen LogP contribution in [0.15, 0.2) is 29.2 Å². The van der Waals surface area contributed by atoms with Crippen LogP contribution < -0.4 is 11.1 Å². The second kappa shape index (κ2) is 6.36. The van der Waals surface area contributed by atoms with E-state index in [9.17, 15) is 13.2 Å². The molecule has 0 heterocycles. The molecule has 1 aromatic carbocycles. The molecule has 1 rings (SSSR count). The zero-order chi connectivity index (χ0) is 14.0. The molecule has 0 saturated carbocycles. The molecule has 1 aromatic rings. The van der Waals surface area contributed by atoms with Gasteiger partial charge in [-0.15, -0.1) is 12.4 Å². The fourth-order valence-electron chi connectivity index (χ4n) is 1.28. The molecule has 7 heteroatoms. The smallest absolute Gasteiger partial charge is 0.251 e. The lowest BCUT2D eigenvalue weighted by atomic mass is 10.1. The summed E-state index contributed by atoms with van der Waals surface area (Å²) in [5.41, 5.74) is 5.43. The third kappa shape index (κ3) is 5.18. The standard InChI is InChI=1S/C12H18N2O3S.ClH/c1-12(2,8-13)14-11(15)9-4-6-10(7-5-9)18(3,16)17;/h4-7H,8,13H2,1-3H3,(H,14,15);1H. The van der Waals surface area contributed by atoms with Crippen molar-refractivity contribution in [2.45, 2.75) is 24.3 Å². The number of benzene rings is 1. The van der Waals surface area contributed by atoms with Gasteiger partial charge in [-0.3, -0.25) is 4.79 Å². The van der Waals surface area contributed by atoms with Crippen LogP contribution in [0.3, 0.4) is 0 Å². The molecule has 0 aliphatic carbocycles. The summed E-state index contributed by atoms with van der Waals surface area (Å²) in [7, 11) is -3.24. The molecule has 0 aromatic heterocycles. The molecule has 5 nitrogen and oxygen atoms in total. The summed E-state index contributed by atoms with van der Waals surface area (Å²) in [6.07, 6.45) is 1.12. The number of hydrogen-bond donors (Lipinski definition) is 2. The Morgan fingerprint density at radius 2 is 1.74 bits per heavy atom. The minimum atomic E-state index is -3.24. The highest BCUT2D eigenvalue weighted by molar-refractivity contribution is 7.90. The van der Waals surface area contributed by atoms with Crippen LogP contribution in [-0.4, -0.2) is 32.7 Å². The Labute approximate surface area is 119 Å². The third-order valence-electron chi connectivity index (χ3n) is 2.51. The predicted octanol–water partition coefficient (Wildman–Crippen LogP) is 0.979. The topological polar surface area (TPSA) is 89.3 Å². The van der Waals surface area contributed by atoms with Gasteiger partial charge >= 0.3 is 0 Å². The molecule has 0 bridgehead atoms. The zero-order valence-corrected chi connectivity index (χ0v) is 12.8. The van der Waals surface area contributed by atoms with Crippen LogP contribution >= 0.6 is 12.4 Å². The number of rotatable bonds is 4. The summed E-state index contributed by atoms with van der Waals surface area (Å²) in [6, 6.07) is 5.80. The molecule has 0 spiro atoms. The van der Waals surface area contributed by atoms with Gasteiger partial charge < -0.3 is 11.1 Å². The Kier molecular flexibility index (Phi) is 5.99. The van der Waals surface area contributed by atoms with Crippen LogP contribution in [-0.2, 0) is 9.84 Å². The second-order valence-electron chi connectivity index (χ2n) is 4.84. The highest BCUT2D eigenvalue weighted by atomic mass is 35.5. The lowest BCUT2D eigenvalue weighted by Gasteiger charge is -2.24. The Morgan fingerprint density at radius 3 is 2.11 bits per heavy atom. The van der Waals surface area contributed by atoms with Crippen molar-refractivity contribution in [1.29, 1.82) is 0 Å². The first-order valence-electron chi connectivity index (χ1n) is 5.48. The summed E-state index contributed by atoms with van der Waals surface area (Å²) in [5, 5.41) is 2.77. The zero-order valence-electron chi connectivity index (χ0n) is 11.1. The van der Waals surface area contributed by atoms with E-state index in [0.29, 0.717) is 12.1 Å². The van der Waals surface area contributed by atoms with E-state index in [2.05, 4.69) is 5.32 Å². The van der Waals surface area contributed by atoms with Crippen LogP contribution in [0.4, 0.5) is 0 Å². The lowest BCUT2D eigenvalue weighted by Crippen LogP contribution is -2.48. The minimum Gasteiger partial charge on any atom is -0.346 e. The fraction of sp³-hybridized carbons (Fsp3) is 0.417. The van der Waals surface area contributed by atoms with Gasteiger partial charge in [-0.25, -0.2) is 8.42 Å². The maximum atomic E-state index is 11.9. The van der Waals surface area contributed by atoms with E-state index in [4.69, 9.17) is 5.73 Å². The van der Waals surface area contributed by atoms with Crippen LogP contribution in [0.25, 0.3) is 0 Å². The first kappa shape index (κ1) is 17.9. The maximum absolute atomic E-state index is 11.9. The number of nitrogens with one attached hydrogen (secondary N) is 1. The number of carbonyl (C=O) groups excluding carboxylic acids is 1. The van der Waals surface area contributed by atoms with E-state index in [1.54, 1.807) is 0 Å². The number of sulfone groups is 1. The van der Waals surface area contributed by atoms with Crippen molar-refractivity contribution in [3.05, 3.63) is 29.8 Å². The quantitative estimate of drug-likeness (QED) is 0.867. The second-order valence-corrected chi connectivity index (χ2v) is 6.85. The van der Waals surface area contributed by atoms with Gasteiger partial charge in [0.25, 0.3) is 5.91 Å². The van der Waals surface area contributed by atoms with Crippen LogP contribution in [0, 0.1) is 0 Å². The molecule has 0 radical (unpaired) electrons. The van der Waals surface area contributed by atoms with Crippen molar-refractivity contribution >= 4 is 28.2 Å². The molecule has 0 fully saturated rings. The highest BCUT2D eigenvalue weighted by Crippen LogP contribution is 2.11. The van der Waals surface area contributed by atoms with Crippen molar-refractivity contribution in [1.82, 2.24) is 5.32 Å². The van der Waals surface area contributed by atoms with Gasteiger partial charge in [0.1, 0.15) is 0 Å². The maximum Gasteiger partial charge on any atom is 0.251 e. The van der Waals surface area contributed by atoms with Crippen LogP contribution in [0.2, 0.25) is 0 Å². The van der Waals surface area contributed by atoms with Crippen LogP contribution in [0.1, 0.15) is 24.2 Å². The Morgan fingerprint density at radius 1 is 1.26 bits per heavy atom. The third-order valence-corrected chi connectivity index (χ3v) is 3.64. The normalized spacial score (nSPS) is 11.6. The number of hydrogen-bond acceptors (Lipinski definition) is 4. The van der Waals surface area contributed by atoms with Crippen molar-refractivity contribution in [3.63, 3.8) is 0 Å². The average molecular weight is 307 g/mol. The minimum absolute atomic E-state index is 0. The molecule has 0 aliphatic heterocycles. The van der Waals surface area contributed by atoms with E-state index in [0.717, 1.165) is 6.26 Å². The van der Waals surface area contributed by atoms with Crippen molar-refractivity contribution in [2.24, 2.45) is 5.73 Å². The first-order valence-corrected chi connectivity index (χ1v) is 7.37. The summed E-state index contributed by atoms with van der Waals surface area (Å²) < 4.78 is 22.5. The van der Waals surface area contributed by atoms with E-state index in [1.807, 2.05) is 13.8 Å². The number of halogens is 1. The highest BCUT2D eigenvalue weighted by Gasteiger charge is 2.19. The number of carbonyl (C=O) groups is 1. The monoisotopic (exact) mass is 306 g/mol. The molecule has 0 unspecified atom stereocenters. The molecule has 0 aliphatic rings. The Balaban J connectivity index is 0.00000324. The van der Waals surface area contributed by atoms with Gasteiger partial charge in [0.15, 0.2) is 9.84 Å². The van der Waals surface area contributed by atoms with Gasteiger partial charge in [0.2, 0.25) is 0 Å². The van der Waals surface area contributed by atoms with Gasteiger partial charge in [-0.05, 0) is 38.1 Å². The van der Waals surface area contributed by atoms with E-state index >= 15 is 0 Å². The fourth-order valence-corrected chi connectivity index (χ4v) is 1.91. The summed E-state index contributed by atoms with van der Waals surface area (Å²) in [5.74, 6) is -0.273. The molecule has 0 atom stereocenters. The van der Waals surface area contributed by atoms with Gasteiger partial charge in [-0.2, -0.15) is 0 Å². The van der Waals surface area contributed by atoms with E-state index < -0.39 is 15.4 Å². The molecule has 3 N–H and O–H groups in total. The largest absolute Gasteiger partial charge is 0.346 e. The van der Waals surface area contributed by atoms with Crippen molar-refractivity contribution < 1.29 is 13.2 Å². The number of nitrogens with two attached hydrogens (primary N) is 1. The summed E-state index contributed by atoms with van der Waals surface area (Å²) >= 11 is 0. The Hall–Kier alpha value is -1.11. The molecule has 0 saturated heterocycles. The van der Waals surface area contributed by atoms with Crippen molar-refractivity contribution in [2.75, 3.05) is 12.8 Å². The van der Waals surface area contributed by atoms with E-state index in [-0.39, 0.29) is 23.2 Å². The SMILES string of the molecule is CC(C)(CN)NC(=O)c1ccc(S(C)(=O)=O)cc1.Cl. The molecule has 19 heavy (non-hydrogen) atoms. The summed E-state index contributed by atoms with van der Waals surface area (Å²) in [6.45, 7) is 3.95. The van der Waals surface area contributed by atoms with Gasteiger partial charge in [0.05, 0.1) is 4.90 Å². The van der Waals surface area contributed by atoms with E-state index in [1.165, 1.54) is 24.3 Å². The molecular formula is C12H19ClN2O3S. The lowest BCUT2D eigenvalue weighted by molar-refractivity contribution is 0.0915. The number of amides is 1. The van der Waals surface area contributed by atoms with Gasteiger partial charge in [-0.1, -0.05) is 0 Å². The molecular weight excluding hydrogens is 288 g/mol. The van der Waals surface area contributed by atoms with Crippen molar-refractivity contribution in [3.8, 4) is 0 Å². The summed E-state index contributed by atoms with van der Waals surface area (Å²) in [4.78, 5) is 12.1. The first-order chi connectivity index (χ1) is 8.15. The molecule has 108 valence electrons. The van der Waals surface area contributed by atoms with Crippen LogP contribution in [0.5, 0.6) is 0 Å². The Bertz CT molecular complexity index is 539. The van der Waals surface area contributed by atoms with Gasteiger partial charge in [0, 0.05) is 23.9 Å². The average Bonchev–Trinajstić information content (AvgIpc) is 2.27. The molecule has 1 amide bonds. The predicted molar refractivity (Wildman–Crippen MR) is 77.4 cm³/mol.